The van der Waals surface area contributed by atoms with Crippen LogP contribution in [0.3, 0.4) is 0 Å². The lowest BCUT2D eigenvalue weighted by molar-refractivity contribution is -0.137. The maximum absolute atomic E-state index is 11.7. The first-order valence-electron chi connectivity index (χ1n) is 6.72. The summed E-state index contributed by atoms with van der Waals surface area (Å²) in [6.07, 6.45) is 2.53. The fourth-order valence-electron chi connectivity index (χ4n) is 2.39. The molecule has 0 radical (unpaired) electrons. The van der Waals surface area contributed by atoms with Crippen molar-refractivity contribution in [1.82, 2.24) is 0 Å². The Labute approximate surface area is 124 Å². The molecule has 1 N–H and O–H groups in total. The molecule has 0 bridgehead atoms. The van der Waals surface area contributed by atoms with E-state index in [1.54, 1.807) is 13.2 Å². The molecule has 0 aliphatic rings. The summed E-state index contributed by atoms with van der Waals surface area (Å²) in [4.78, 5) is 11.7. The van der Waals surface area contributed by atoms with Crippen LogP contribution in [0.1, 0.15) is 22.6 Å². The molecule has 0 fully saturated rings. The highest BCUT2D eigenvalue weighted by Crippen LogP contribution is 2.33. The first kappa shape index (κ1) is 14.9. The molecule has 3 heteroatoms. The van der Waals surface area contributed by atoms with Crippen LogP contribution in [-0.4, -0.2) is 18.2 Å². The second-order valence-electron chi connectivity index (χ2n) is 4.75. The van der Waals surface area contributed by atoms with E-state index < -0.39 is 11.9 Å². The largest absolute Gasteiger partial charge is 0.496 e. The molecule has 0 amide bonds. The lowest BCUT2D eigenvalue weighted by Gasteiger charge is -2.17. The van der Waals surface area contributed by atoms with E-state index in [9.17, 15) is 9.90 Å². The fraction of sp³-hybridized carbons (Fsp3) is 0.167. The molecule has 21 heavy (non-hydrogen) atoms. The molecular formula is C18H18O3. The van der Waals surface area contributed by atoms with E-state index in [0.29, 0.717) is 11.3 Å². The Morgan fingerprint density at radius 1 is 1.29 bits per heavy atom. The number of allylic oxidation sites excluding steroid dienone is 1. The zero-order valence-electron chi connectivity index (χ0n) is 12.0. The van der Waals surface area contributed by atoms with Gasteiger partial charge in [-0.05, 0) is 23.6 Å². The van der Waals surface area contributed by atoms with Gasteiger partial charge in [0, 0.05) is 5.56 Å². The topological polar surface area (TPSA) is 46.5 Å². The maximum atomic E-state index is 11.7. The van der Waals surface area contributed by atoms with Crippen molar-refractivity contribution in [3.63, 3.8) is 0 Å². The van der Waals surface area contributed by atoms with E-state index >= 15 is 0 Å². The van der Waals surface area contributed by atoms with Gasteiger partial charge >= 0.3 is 5.97 Å². The molecular weight excluding hydrogens is 264 g/mol. The highest BCUT2D eigenvalue weighted by atomic mass is 16.5. The summed E-state index contributed by atoms with van der Waals surface area (Å²) < 4.78 is 5.39. The number of carboxylic acids is 1. The number of aliphatic carboxylic acids is 1. The van der Waals surface area contributed by atoms with Gasteiger partial charge in [0.25, 0.3) is 0 Å². The van der Waals surface area contributed by atoms with Crippen LogP contribution in [0.5, 0.6) is 5.75 Å². The number of hydrogen-bond donors (Lipinski definition) is 1. The summed E-state index contributed by atoms with van der Waals surface area (Å²) in [5.41, 5.74) is 2.44. The van der Waals surface area contributed by atoms with Crippen molar-refractivity contribution in [2.24, 2.45) is 0 Å². The second-order valence-corrected chi connectivity index (χ2v) is 4.75. The molecule has 0 saturated heterocycles. The molecule has 2 rings (SSSR count). The van der Waals surface area contributed by atoms with E-state index in [1.807, 2.05) is 48.5 Å². The van der Waals surface area contributed by atoms with Crippen LogP contribution >= 0.6 is 0 Å². The summed E-state index contributed by atoms with van der Waals surface area (Å²) in [6.45, 7) is 3.71. The van der Waals surface area contributed by atoms with Gasteiger partial charge in [-0.2, -0.15) is 0 Å². The SMILES string of the molecule is C=CCc1ccc([C@H](C(=O)O)c2ccccc2)c(OC)c1. The lowest BCUT2D eigenvalue weighted by Crippen LogP contribution is -2.14. The average Bonchev–Trinajstić information content (AvgIpc) is 2.50. The summed E-state index contributed by atoms with van der Waals surface area (Å²) in [6, 6.07) is 14.8. The Balaban J connectivity index is 2.50. The van der Waals surface area contributed by atoms with Crippen LogP contribution in [0.25, 0.3) is 0 Å². The lowest BCUT2D eigenvalue weighted by atomic mass is 9.90. The molecule has 0 aromatic heterocycles. The quantitative estimate of drug-likeness (QED) is 0.823. The minimum absolute atomic E-state index is 0.589. The van der Waals surface area contributed by atoms with Crippen molar-refractivity contribution in [1.29, 1.82) is 0 Å². The van der Waals surface area contributed by atoms with Crippen LogP contribution in [0.2, 0.25) is 0 Å². The Morgan fingerprint density at radius 2 is 2.00 bits per heavy atom. The third-order valence-corrected chi connectivity index (χ3v) is 3.37. The Kier molecular flexibility index (Phi) is 4.77. The first-order chi connectivity index (χ1) is 10.2. The summed E-state index contributed by atoms with van der Waals surface area (Å²) in [7, 11) is 1.56. The van der Waals surface area contributed by atoms with Gasteiger partial charge in [0.2, 0.25) is 0 Å². The minimum Gasteiger partial charge on any atom is -0.496 e. The van der Waals surface area contributed by atoms with Gasteiger partial charge in [-0.25, -0.2) is 0 Å². The molecule has 2 aromatic carbocycles. The molecule has 108 valence electrons. The van der Waals surface area contributed by atoms with Crippen LogP contribution < -0.4 is 4.74 Å². The van der Waals surface area contributed by atoms with Gasteiger partial charge < -0.3 is 9.84 Å². The summed E-state index contributed by atoms with van der Waals surface area (Å²) in [5.74, 6) is -1.04. The number of methoxy groups -OCH3 is 1. The number of carbonyl (C=O) groups is 1. The van der Waals surface area contributed by atoms with E-state index in [2.05, 4.69) is 6.58 Å². The molecule has 0 aliphatic carbocycles. The molecule has 0 spiro atoms. The van der Waals surface area contributed by atoms with E-state index in [0.717, 1.165) is 17.5 Å². The number of carboxylic acid groups (broad SMARTS) is 1. The van der Waals surface area contributed by atoms with Crippen LogP contribution in [0, 0.1) is 0 Å². The molecule has 0 heterocycles. The first-order valence-corrected chi connectivity index (χ1v) is 6.72. The second kappa shape index (κ2) is 6.75. The third-order valence-electron chi connectivity index (χ3n) is 3.37. The zero-order valence-corrected chi connectivity index (χ0v) is 12.0. The zero-order chi connectivity index (χ0) is 15.2. The minimum atomic E-state index is -0.893. The van der Waals surface area contributed by atoms with E-state index in [1.165, 1.54) is 0 Å². The predicted molar refractivity (Wildman–Crippen MR) is 82.8 cm³/mol. The summed E-state index contributed by atoms with van der Waals surface area (Å²) >= 11 is 0. The molecule has 3 nitrogen and oxygen atoms in total. The average molecular weight is 282 g/mol. The van der Waals surface area contributed by atoms with Gasteiger partial charge in [0.05, 0.1) is 7.11 Å². The van der Waals surface area contributed by atoms with Crippen molar-refractivity contribution < 1.29 is 14.6 Å². The highest BCUT2D eigenvalue weighted by molar-refractivity contribution is 5.81. The van der Waals surface area contributed by atoms with E-state index in [-0.39, 0.29) is 0 Å². The molecule has 1 atom stereocenters. The number of ether oxygens (including phenoxy) is 1. The molecule has 0 aliphatic heterocycles. The molecule has 0 unspecified atom stereocenters. The number of hydrogen-bond acceptors (Lipinski definition) is 2. The Bertz CT molecular complexity index is 632. The predicted octanol–water partition coefficient (Wildman–Crippen LogP) is 3.64. The van der Waals surface area contributed by atoms with Crippen molar-refractivity contribution in [2.45, 2.75) is 12.3 Å². The van der Waals surface area contributed by atoms with Gasteiger partial charge in [-0.15, -0.1) is 6.58 Å². The van der Waals surface area contributed by atoms with E-state index in [4.69, 9.17) is 4.74 Å². The van der Waals surface area contributed by atoms with Crippen LogP contribution in [0.4, 0.5) is 0 Å². The smallest absolute Gasteiger partial charge is 0.315 e. The normalized spacial score (nSPS) is 11.7. The van der Waals surface area contributed by atoms with Gasteiger partial charge in [-0.3, -0.25) is 4.79 Å². The Morgan fingerprint density at radius 3 is 2.57 bits per heavy atom. The monoisotopic (exact) mass is 282 g/mol. The molecule has 2 aromatic rings. The maximum Gasteiger partial charge on any atom is 0.315 e. The number of benzene rings is 2. The highest BCUT2D eigenvalue weighted by Gasteiger charge is 2.25. The van der Waals surface area contributed by atoms with Gasteiger partial charge in [0.1, 0.15) is 11.7 Å². The van der Waals surface area contributed by atoms with Crippen molar-refractivity contribution >= 4 is 5.97 Å². The van der Waals surface area contributed by atoms with Crippen molar-refractivity contribution in [3.05, 3.63) is 77.9 Å². The van der Waals surface area contributed by atoms with Gasteiger partial charge in [-0.1, -0.05) is 48.5 Å². The Hall–Kier alpha value is -2.55. The summed E-state index contributed by atoms with van der Waals surface area (Å²) in [5, 5.41) is 9.60. The van der Waals surface area contributed by atoms with Crippen LogP contribution in [0.15, 0.2) is 61.2 Å². The number of rotatable bonds is 6. The fourth-order valence-corrected chi connectivity index (χ4v) is 2.39. The molecule has 0 saturated carbocycles. The van der Waals surface area contributed by atoms with Crippen molar-refractivity contribution in [2.75, 3.05) is 7.11 Å². The standard InChI is InChI=1S/C18H18O3/c1-3-7-13-10-11-15(16(12-13)21-2)17(18(19)20)14-8-5-4-6-9-14/h3-6,8-12,17H,1,7H2,2H3,(H,19,20)/t17-/m1/s1. The van der Waals surface area contributed by atoms with Gasteiger partial charge in [0.15, 0.2) is 0 Å². The third kappa shape index (κ3) is 3.31. The van der Waals surface area contributed by atoms with Crippen LogP contribution in [-0.2, 0) is 11.2 Å². The van der Waals surface area contributed by atoms with Crippen molar-refractivity contribution in [3.8, 4) is 5.75 Å².